The maximum atomic E-state index is 6.12. The topological polar surface area (TPSA) is 35.0 Å². The number of rotatable bonds is 2. The largest absolute Gasteiger partial charge is 0.362 e. The normalized spacial score (nSPS) is 35.7. The Kier molecular flexibility index (Phi) is 2.81. The first-order chi connectivity index (χ1) is 7.08. The van der Waals surface area contributed by atoms with Gasteiger partial charge in [-0.25, -0.2) is 0 Å². The summed E-state index contributed by atoms with van der Waals surface area (Å²) in [5.41, 5.74) is 0.568. The lowest BCUT2D eigenvalue weighted by Gasteiger charge is -2.28. The molecule has 3 nitrogen and oxygen atoms in total. The molecule has 82 valence electrons. The fourth-order valence-corrected chi connectivity index (χ4v) is 2.39. The molecule has 4 heteroatoms. The van der Waals surface area contributed by atoms with E-state index in [9.17, 15) is 0 Å². The molecule has 1 fully saturated rings. The second-order valence-electron chi connectivity index (χ2n) is 4.51. The molecule has 0 aromatic carbocycles. The van der Waals surface area contributed by atoms with E-state index in [-0.39, 0.29) is 11.2 Å². The van der Waals surface area contributed by atoms with Crippen LogP contribution in [0.5, 0.6) is 0 Å². The van der Waals surface area contributed by atoms with Crippen molar-refractivity contribution >= 4 is 15.9 Å². The van der Waals surface area contributed by atoms with Crippen molar-refractivity contribution in [2.24, 2.45) is 0 Å². The Hall–Kier alpha value is -0.480. The van der Waals surface area contributed by atoms with Crippen molar-refractivity contribution in [3.63, 3.8) is 0 Å². The van der Waals surface area contributed by atoms with Gasteiger partial charge in [-0.3, -0.25) is 9.97 Å². The van der Waals surface area contributed by atoms with E-state index in [4.69, 9.17) is 4.74 Å². The zero-order valence-corrected chi connectivity index (χ0v) is 10.6. The van der Waals surface area contributed by atoms with E-state index in [0.29, 0.717) is 0 Å². The Bertz CT molecular complexity index is 346. The fourth-order valence-electron chi connectivity index (χ4n) is 2.00. The second-order valence-corrected chi connectivity index (χ2v) is 5.07. The predicted octanol–water partition coefficient (Wildman–Crippen LogP) is 2.66. The second kappa shape index (κ2) is 3.83. The van der Waals surface area contributed by atoms with Crippen LogP contribution < -0.4 is 0 Å². The van der Waals surface area contributed by atoms with E-state index in [0.717, 1.165) is 23.9 Å². The summed E-state index contributed by atoms with van der Waals surface area (Å²) in [4.78, 5) is 8.42. The molecule has 0 spiro atoms. The minimum absolute atomic E-state index is 0.0771. The van der Waals surface area contributed by atoms with Gasteiger partial charge in [0.1, 0.15) is 5.60 Å². The van der Waals surface area contributed by atoms with Crippen LogP contribution in [0.1, 0.15) is 32.4 Å². The van der Waals surface area contributed by atoms with E-state index in [1.807, 2.05) is 0 Å². The first kappa shape index (κ1) is 11.0. The Morgan fingerprint density at radius 1 is 1.40 bits per heavy atom. The highest BCUT2D eigenvalue weighted by molar-refractivity contribution is 9.09. The summed E-state index contributed by atoms with van der Waals surface area (Å²) in [5.74, 6) is 0. The molecule has 1 aromatic rings. The van der Waals surface area contributed by atoms with Gasteiger partial charge in [0.15, 0.2) is 0 Å². The smallest absolute Gasteiger partial charge is 0.110 e. The van der Waals surface area contributed by atoms with E-state index in [2.05, 4.69) is 39.7 Å². The first-order valence-corrected chi connectivity index (χ1v) is 6.23. The van der Waals surface area contributed by atoms with Crippen molar-refractivity contribution in [1.82, 2.24) is 9.97 Å². The van der Waals surface area contributed by atoms with Gasteiger partial charge in [0.05, 0.1) is 17.5 Å². The minimum Gasteiger partial charge on any atom is -0.362 e. The van der Waals surface area contributed by atoms with Gasteiger partial charge >= 0.3 is 0 Å². The Balaban J connectivity index is 2.24. The van der Waals surface area contributed by atoms with E-state index < -0.39 is 0 Å². The maximum absolute atomic E-state index is 6.12. The van der Waals surface area contributed by atoms with Gasteiger partial charge in [-0.05, 0) is 26.7 Å². The molecule has 0 amide bonds. The van der Waals surface area contributed by atoms with Gasteiger partial charge in [0.25, 0.3) is 0 Å². The number of hydrogen-bond donors (Lipinski definition) is 0. The van der Waals surface area contributed by atoms with Gasteiger partial charge in [-0.15, -0.1) is 0 Å². The summed E-state index contributed by atoms with van der Waals surface area (Å²) in [6.45, 7) is 4.22. The number of alkyl halides is 1. The predicted molar refractivity (Wildman–Crippen MR) is 61.9 cm³/mol. The number of ether oxygens (including phenoxy) is 1. The van der Waals surface area contributed by atoms with Crippen molar-refractivity contribution in [2.45, 2.75) is 37.9 Å². The van der Waals surface area contributed by atoms with Gasteiger partial charge < -0.3 is 4.74 Å². The lowest BCUT2D eigenvalue weighted by Crippen LogP contribution is -2.31. The highest BCUT2D eigenvalue weighted by atomic mass is 79.9. The molecule has 1 aliphatic heterocycles. The third-order valence-corrected chi connectivity index (χ3v) is 4.18. The average molecular weight is 271 g/mol. The van der Waals surface area contributed by atoms with Crippen molar-refractivity contribution in [2.75, 3.05) is 5.33 Å². The van der Waals surface area contributed by atoms with Crippen LogP contribution in [0.4, 0.5) is 0 Å². The lowest BCUT2D eigenvalue weighted by molar-refractivity contribution is -0.0785. The average Bonchev–Trinajstić information content (AvgIpc) is 2.59. The van der Waals surface area contributed by atoms with Crippen LogP contribution >= 0.6 is 15.9 Å². The molecule has 1 aromatic heterocycles. The van der Waals surface area contributed by atoms with Gasteiger partial charge in [-0.2, -0.15) is 0 Å². The monoisotopic (exact) mass is 270 g/mol. The van der Waals surface area contributed by atoms with Crippen LogP contribution in [0.2, 0.25) is 0 Å². The third kappa shape index (κ3) is 2.06. The number of halogens is 1. The van der Waals surface area contributed by atoms with E-state index >= 15 is 0 Å². The molecule has 1 saturated heterocycles. The SMILES string of the molecule is CC1(CBr)CCC(C)(c2cnccn2)O1. The Labute approximate surface area is 98.4 Å². The molecule has 2 atom stereocenters. The molecular weight excluding hydrogens is 256 g/mol. The molecule has 0 aliphatic carbocycles. The summed E-state index contributed by atoms with van der Waals surface area (Å²) in [5, 5.41) is 0.857. The maximum Gasteiger partial charge on any atom is 0.110 e. The van der Waals surface area contributed by atoms with E-state index in [1.165, 1.54) is 0 Å². The number of hydrogen-bond acceptors (Lipinski definition) is 3. The van der Waals surface area contributed by atoms with Crippen LogP contribution in [-0.4, -0.2) is 20.9 Å². The summed E-state index contributed by atoms with van der Waals surface area (Å²) in [6, 6.07) is 0. The third-order valence-electron chi connectivity index (χ3n) is 2.99. The van der Waals surface area contributed by atoms with Crippen molar-refractivity contribution < 1.29 is 4.74 Å². The molecular formula is C11H15BrN2O. The van der Waals surface area contributed by atoms with Crippen LogP contribution in [0.15, 0.2) is 18.6 Å². The van der Waals surface area contributed by atoms with Gasteiger partial charge in [0.2, 0.25) is 0 Å². The molecule has 0 saturated carbocycles. The van der Waals surface area contributed by atoms with Crippen LogP contribution in [0.25, 0.3) is 0 Å². The molecule has 2 rings (SSSR count). The minimum atomic E-state index is -0.281. The molecule has 1 aliphatic rings. The summed E-state index contributed by atoms with van der Waals surface area (Å²) in [7, 11) is 0. The fraction of sp³-hybridized carbons (Fsp3) is 0.636. The molecule has 2 unspecified atom stereocenters. The number of nitrogens with zero attached hydrogens (tertiary/aromatic N) is 2. The summed E-state index contributed by atoms with van der Waals surface area (Å²) >= 11 is 3.50. The first-order valence-electron chi connectivity index (χ1n) is 5.11. The van der Waals surface area contributed by atoms with Crippen LogP contribution in [0, 0.1) is 0 Å². The summed E-state index contributed by atoms with van der Waals surface area (Å²) < 4.78 is 6.12. The van der Waals surface area contributed by atoms with Crippen molar-refractivity contribution in [3.8, 4) is 0 Å². The molecule has 0 radical (unpaired) electrons. The molecule has 0 N–H and O–H groups in total. The molecule has 0 bridgehead atoms. The molecule has 2 heterocycles. The van der Waals surface area contributed by atoms with Gasteiger partial charge in [0, 0.05) is 17.7 Å². The zero-order chi connectivity index (χ0) is 10.9. The highest BCUT2D eigenvalue weighted by Crippen LogP contribution is 2.43. The van der Waals surface area contributed by atoms with Crippen molar-refractivity contribution in [3.05, 3.63) is 24.3 Å². The Morgan fingerprint density at radius 2 is 2.20 bits per heavy atom. The Morgan fingerprint density at radius 3 is 2.73 bits per heavy atom. The quantitative estimate of drug-likeness (QED) is 0.776. The van der Waals surface area contributed by atoms with Crippen molar-refractivity contribution in [1.29, 1.82) is 0 Å². The lowest BCUT2D eigenvalue weighted by atomic mass is 9.97. The standard InChI is InChI=1S/C11H15BrN2O/c1-10(8-12)3-4-11(2,15-10)9-7-13-5-6-14-9/h5-7H,3-4,8H2,1-2H3. The van der Waals surface area contributed by atoms with E-state index in [1.54, 1.807) is 18.6 Å². The number of aromatic nitrogens is 2. The van der Waals surface area contributed by atoms with Crippen LogP contribution in [-0.2, 0) is 10.3 Å². The molecule has 15 heavy (non-hydrogen) atoms. The highest BCUT2D eigenvalue weighted by Gasteiger charge is 2.44. The summed E-state index contributed by atoms with van der Waals surface area (Å²) in [6.07, 6.45) is 7.23. The van der Waals surface area contributed by atoms with Crippen LogP contribution in [0.3, 0.4) is 0 Å². The van der Waals surface area contributed by atoms with Gasteiger partial charge in [-0.1, -0.05) is 15.9 Å². The zero-order valence-electron chi connectivity index (χ0n) is 9.03.